The summed E-state index contributed by atoms with van der Waals surface area (Å²) in [6.45, 7) is 6.44. The molecule has 1 N–H and O–H groups in total. The quantitative estimate of drug-likeness (QED) is 0.503. The molecule has 0 spiro atoms. The minimum Gasteiger partial charge on any atom is -0.598 e. The van der Waals surface area contributed by atoms with Gasteiger partial charge < -0.3 is 4.55 Å². The SMILES string of the molecule is CC(N[S+]([O-])C(C)(C)C)c1cc([N+](=O)[O-])cc(C(F)F)c1F. The average molecular weight is 338 g/mol. The molecule has 0 bridgehead atoms. The summed E-state index contributed by atoms with van der Waals surface area (Å²) in [6.07, 6.45) is -3.18. The highest BCUT2D eigenvalue weighted by Gasteiger charge is 2.31. The average Bonchev–Trinajstić information content (AvgIpc) is 2.36. The maximum atomic E-state index is 14.1. The zero-order chi connectivity index (χ0) is 17.2. The first-order valence-electron chi connectivity index (χ1n) is 6.39. The summed E-state index contributed by atoms with van der Waals surface area (Å²) in [5.41, 5.74) is -2.00. The molecule has 1 rings (SSSR count). The molecule has 1 aromatic carbocycles. The van der Waals surface area contributed by atoms with E-state index in [0.717, 1.165) is 6.07 Å². The van der Waals surface area contributed by atoms with Gasteiger partial charge in [0.2, 0.25) is 0 Å². The highest BCUT2D eigenvalue weighted by atomic mass is 32.2. The van der Waals surface area contributed by atoms with Gasteiger partial charge in [0.15, 0.2) is 0 Å². The van der Waals surface area contributed by atoms with Crippen LogP contribution < -0.4 is 4.72 Å². The topological polar surface area (TPSA) is 78.2 Å². The number of non-ortho nitro benzene ring substituents is 1. The van der Waals surface area contributed by atoms with Crippen LogP contribution in [0.3, 0.4) is 0 Å². The summed E-state index contributed by atoms with van der Waals surface area (Å²) in [5.74, 6) is -1.23. The molecule has 0 fully saturated rings. The zero-order valence-electron chi connectivity index (χ0n) is 12.5. The second-order valence-electron chi connectivity index (χ2n) is 5.72. The van der Waals surface area contributed by atoms with E-state index in [2.05, 4.69) is 4.72 Å². The fourth-order valence-corrected chi connectivity index (χ4v) is 2.44. The van der Waals surface area contributed by atoms with Crippen molar-refractivity contribution in [1.82, 2.24) is 4.72 Å². The first-order valence-corrected chi connectivity index (χ1v) is 7.54. The van der Waals surface area contributed by atoms with Crippen molar-refractivity contribution in [3.05, 3.63) is 39.2 Å². The van der Waals surface area contributed by atoms with E-state index in [-0.39, 0.29) is 5.56 Å². The molecular formula is C13H17F3N2O3S. The molecule has 124 valence electrons. The van der Waals surface area contributed by atoms with Crippen molar-refractivity contribution in [2.45, 2.75) is 44.9 Å². The van der Waals surface area contributed by atoms with Crippen molar-refractivity contribution in [3.63, 3.8) is 0 Å². The highest BCUT2D eigenvalue weighted by molar-refractivity contribution is 7.90. The molecule has 2 atom stereocenters. The number of hydrogen-bond acceptors (Lipinski definition) is 4. The predicted molar refractivity (Wildman–Crippen MR) is 77.5 cm³/mol. The third-order valence-electron chi connectivity index (χ3n) is 2.87. The maximum absolute atomic E-state index is 14.1. The van der Waals surface area contributed by atoms with Crippen LogP contribution >= 0.6 is 0 Å². The van der Waals surface area contributed by atoms with Crippen molar-refractivity contribution >= 4 is 17.0 Å². The monoisotopic (exact) mass is 338 g/mol. The summed E-state index contributed by atoms with van der Waals surface area (Å²) >= 11 is -1.58. The summed E-state index contributed by atoms with van der Waals surface area (Å²) < 4.78 is 53.7. The third kappa shape index (κ3) is 4.34. The van der Waals surface area contributed by atoms with Crippen molar-refractivity contribution in [3.8, 4) is 0 Å². The Morgan fingerprint density at radius 2 is 1.77 bits per heavy atom. The van der Waals surface area contributed by atoms with Crippen LogP contribution in [0.25, 0.3) is 0 Å². The molecule has 0 saturated carbocycles. The summed E-state index contributed by atoms with van der Waals surface area (Å²) in [4.78, 5) is 9.93. The first-order chi connectivity index (χ1) is 9.95. The van der Waals surface area contributed by atoms with Crippen LogP contribution in [0.2, 0.25) is 0 Å². The summed E-state index contributed by atoms with van der Waals surface area (Å²) in [5, 5.41) is 10.8. The van der Waals surface area contributed by atoms with Crippen LogP contribution in [0.15, 0.2) is 12.1 Å². The number of halogens is 3. The molecule has 9 heteroatoms. The first kappa shape index (κ1) is 18.7. The van der Waals surface area contributed by atoms with Gasteiger partial charge in [-0.3, -0.25) is 10.1 Å². The molecule has 0 saturated heterocycles. The highest BCUT2D eigenvalue weighted by Crippen LogP contribution is 2.32. The van der Waals surface area contributed by atoms with Gasteiger partial charge in [0, 0.05) is 29.1 Å². The van der Waals surface area contributed by atoms with Crippen molar-refractivity contribution < 1.29 is 22.6 Å². The van der Waals surface area contributed by atoms with E-state index < -0.39 is 50.6 Å². The van der Waals surface area contributed by atoms with E-state index in [1.807, 2.05) is 0 Å². The molecule has 5 nitrogen and oxygen atoms in total. The van der Waals surface area contributed by atoms with Gasteiger partial charge in [0.05, 0.1) is 16.5 Å². The Labute approximate surface area is 129 Å². The van der Waals surface area contributed by atoms with Gasteiger partial charge in [0.25, 0.3) is 12.1 Å². The number of nitrogens with one attached hydrogen (secondary N) is 1. The number of nitrogens with zero attached hydrogens (tertiary/aromatic N) is 1. The van der Waals surface area contributed by atoms with E-state index in [9.17, 15) is 27.8 Å². The molecule has 0 aromatic heterocycles. The van der Waals surface area contributed by atoms with E-state index >= 15 is 0 Å². The van der Waals surface area contributed by atoms with E-state index in [1.165, 1.54) is 6.92 Å². The Bertz CT molecular complexity index is 564. The fraction of sp³-hybridized carbons (Fsp3) is 0.538. The second kappa shape index (κ2) is 6.84. The Balaban J connectivity index is 3.25. The molecular weight excluding hydrogens is 321 g/mol. The van der Waals surface area contributed by atoms with Crippen LogP contribution in [0.4, 0.5) is 18.9 Å². The lowest BCUT2D eigenvalue weighted by Gasteiger charge is -2.26. The molecule has 0 amide bonds. The van der Waals surface area contributed by atoms with Crippen molar-refractivity contribution in [1.29, 1.82) is 0 Å². The van der Waals surface area contributed by atoms with Crippen LogP contribution in [0, 0.1) is 15.9 Å². The predicted octanol–water partition coefficient (Wildman–Crippen LogP) is 3.78. The molecule has 0 aliphatic heterocycles. The van der Waals surface area contributed by atoms with Gasteiger partial charge in [-0.15, -0.1) is 4.72 Å². The number of alkyl halides is 2. The zero-order valence-corrected chi connectivity index (χ0v) is 13.3. The van der Waals surface area contributed by atoms with E-state index in [1.54, 1.807) is 20.8 Å². The molecule has 0 aliphatic rings. The van der Waals surface area contributed by atoms with E-state index in [4.69, 9.17) is 0 Å². The summed E-state index contributed by atoms with van der Waals surface area (Å²) in [7, 11) is 0. The number of hydrogen-bond donors (Lipinski definition) is 1. The second-order valence-corrected chi connectivity index (χ2v) is 7.71. The van der Waals surface area contributed by atoms with Crippen LogP contribution in [0.1, 0.15) is 51.3 Å². The van der Waals surface area contributed by atoms with Gasteiger partial charge >= 0.3 is 0 Å². The molecule has 22 heavy (non-hydrogen) atoms. The van der Waals surface area contributed by atoms with Crippen LogP contribution in [-0.2, 0) is 11.4 Å². The molecule has 0 radical (unpaired) electrons. The normalized spacial score (nSPS) is 15.0. The smallest absolute Gasteiger partial charge is 0.270 e. The molecule has 2 unspecified atom stereocenters. The van der Waals surface area contributed by atoms with Gasteiger partial charge in [0.1, 0.15) is 10.6 Å². The van der Waals surface area contributed by atoms with Gasteiger partial charge in [-0.05, 0) is 27.7 Å². The Kier molecular flexibility index (Phi) is 5.82. The molecule has 0 heterocycles. The fourth-order valence-electron chi connectivity index (χ4n) is 1.63. The van der Waals surface area contributed by atoms with Crippen molar-refractivity contribution in [2.24, 2.45) is 0 Å². The number of nitro benzene ring substituents is 1. The lowest BCUT2D eigenvalue weighted by atomic mass is 10.0. The van der Waals surface area contributed by atoms with Gasteiger partial charge in [-0.1, -0.05) is 0 Å². The number of benzene rings is 1. The number of nitro groups is 1. The minimum absolute atomic E-state index is 0.317. The van der Waals surface area contributed by atoms with Crippen LogP contribution in [0.5, 0.6) is 0 Å². The van der Waals surface area contributed by atoms with Crippen LogP contribution in [-0.4, -0.2) is 14.2 Å². The largest absolute Gasteiger partial charge is 0.598 e. The summed E-state index contributed by atoms with van der Waals surface area (Å²) in [6, 6.07) is 0.452. The van der Waals surface area contributed by atoms with Crippen molar-refractivity contribution in [2.75, 3.05) is 0 Å². The lowest BCUT2D eigenvalue weighted by Crippen LogP contribution is -2.40. The van der Waals surface area contributed by atoms with Gasteiger partial charge in [-0.2, -0.15) is 0 Å². The Hall–Kier alpha value is -1.32. The Morgan fingerprint density at radius 3 is 2.18 bits per heavy atom. The molecule has 0 aliphatic carbocycles. The maximum Gasteiger partial charge on any atom is 0.270 e. The number of rotatable bonds is 5. The Morgan fingerprint density at radius 1 is 1.27 bits per heavy atom. The standard InChI is InChI=1S/C13H17F3N2O3S/c1-7(17-22(21)13(2,3)4)9-5-8(18(19)20)6-10(11(9)14)12(15)16/h5-7,12,17H,1-4H3. The van der Waals surface area contributed by atoms with Gasteiger partial charge in [-0.25, -0.2) is 13.2 Å². The van der Waals surface area contributed by atoms with E-state index in [0.29, 0.717) is 6.07 Å². The molecule has 1 aromatic rings. The minimum atomic E-state index is -3.18. The lowest BCUT2D eigenvalue weighted by molar-refractivity contribution is -0.385. The third-order valence-corrected chi connectivity index (χ3v) is 4.55.